The van der Waals surface area contributed by atoms with Crippen LogP contribution in [0.5, 0.6) is 5.75 Å². The Labute approximate surface area is 214 Å². The van der Waals surface area contributed by atoms with Crippen LogP contribution >= 0.6 is 11.6 Å². The molecule has 1 aliphatic rings. The van der Waals surface area contributed by atoms with E-state index >= 15 is 0 Å². The Morgan fingerprint density at radius 3 is 2.27 bits per heavy atom. The van der Waals surface area contributed by atoms with Crippen LogP contribution in [0.3, 0.4) is 0 Å². The highest BCUT2D eigenvalue weighted by Crippen LogP contribution is 2.36. The third kappa shape index (κ3) is 7.70. The average Bonchev–Trinajstić information content (AvgIpc) is 2.80. The van der Waals surface area contributed by atoms with Gasteiger partial charge in [-0.3, -0.25) is 24.5 Å². The summed E-state index contributed by atoms with van der Waals surface area (Å²) in [7, 11) is 1.34. The van der Waals surface area contributed by atoms with E-state index in [1.54, 1.807) is 0 Å². The molecule has 1 fully saturated rings. The molecule has 0 saturated heterocycles. The lowest BCUT2D eigenvalue weighted by Crippen LogP contribution is -2.63. The van der Waals surface area contributed by atoms with Crippen molar-refractivity contribution in [1.29, 1.82) is 0 Å². The van der Waals surface area contributed by atoms with Gasteiger partial charge in [0.1, 0.15) is 5.75 Å². The number of halogens is 7. The Bertz CT molecular complexity index is 1040. The Hall–Kier alpha value is -3.09. The zero-order chi connectivity index (χ0) is 28.0. The predicted octanol–water partition coefficient (Wildman–Crippen LogP) is 5.19. The summed E-state index contributed by atoms with van der Waals surface area (Å²) in [5.41, 5.74) is -5.12. The molecule has 0 spiro atoms. The number of nitrogens with one attached hydrogen (secondary N) is 1. The number of amides is 2. The van der Waals surface area contributed by atoms with Gasteiger partial charge in [-0.05, 0) is 50.7 Å². The molecular formula is C23H25ClF6N4O3. The smallest absolute Gasteiger partial charge is 0.406 e. The molecule has 1 N–H and O–H groups in total. The first-order chi connectivity index (χ1) is 17.1. The lowest BCUT2D eigenvalue weighted by atomic mass is 9.86. The van der Waals surface area contributed by atoms with Crippen molar-refractivity contribution in [3.63, 3.8) is 0 Å². The lowest BCUT2D eigenvalue weighted by molar-refractivity contribution is -0.274. The van der Waals surface area contributed by atoms with Crippen molar-refractivity contribution in [3.05, 3.63) is 36.0 Å². The van der Waals surface area contributed by atoms with E-state index in [0.29, 0.717) is 4.90 Å². The van der Waals surface area contributed by atoms with Gasteiger partial charge in [0.25, 0.3) is 17.4 Å². The quantitative estimate of drug-likeness (QED) is 0.259. The molecule has 0 bridgehead atoms. The second-order valence-electron chi connectivity index (χ2n) is 8.35. The largest absolute Gasteiger partial charge is 0.573 e. The number of hydrogen-bond acceptors (Lipinski definition) is 5. The number of nitrogens with zero attached hydrogens (tertiary/aromatic N) is 3. The van der Waals surface area contributed by atoms with Crippen molar-refractivity contribution in [2.75, 3.05) is 11.9 Å². The Morgan fingerprint density at radius 1 is 1.24 bits per heavy atom. The van der Waals surface area contributed by atoms with E-state index < -0.39 is 59.9 Å². The standard InChI is InChI=1S/C23H25ClF6N4O3/c1-21(14(12-31-2)13-32-3,20(36)33-15-8-10-22(26,27)11-9-15)34(19(35)18(24)25)16-4-6-17(7-5-16)37-23(28,29)30/h4-7,12-13,15,18H,2,8-11H2,1,3H3,(H,33,36)/b14-12+,32-13-/t18-,21+/m0/s1. The molecule has 7 nitrogen and oxygen atoms in total. The number of alkyl halides is 7. The molecule has 0 aromatic heterocycles. The molecule has 1 saturated carbocycles. The fourth-order valence-corrected chi connectivity index (χ4v) is 3.99. The first kappa shape index (κ1) is 30.1. The summed E-state index contributed by atoms with van der Waals surface area (Å²) in [6.07, 6.45) is -3.84. The van der Waals surface area contributed by atoms with Crippen molar-refractivity contribution in [1.82, 2.24) is 5.32 Å². The van der Waals surface area contributed by atoms with E-state index in [2.05, 4.69) is 26.8 Å². The summed E-state index contributed by atoms with van der Waals surface area (Å²) in [6.45, 7) is 4.52. The second kappa shape index (κ2) is 12.0. The third-order valence-corrected chi connectivity index (χ3v) is 5.92. The molecular weight excluding hydrogens is 530 g/mol. The molecule has 1 aromatic carbocycles. The molecule has 0 radical (unpaired) electrons. The maximum absolute atomic E-state index is 14.2. The van der Waals surface area contributed by atoms with Gasteiger partial charge in [0.05, 0.1) is 0 Å². The van der Waals surface area contributed by atoms with Crippen LogP contribution in [-0.2, 0) is 9.59 Å². The molecule has 2 atom stereocenters. The highest BCUT2D eigenvalue weighted by molar-refractivity contribution is 6.32. The topological polar surface area (TPSA) is 83.4 Å². The van der Waals surface area contributed by atoms with Gasteiger partial charge in [-0.15, -0.1) is 13.2 Å². The predicted molar refractivity (Wildman–Crippen MR) is 127 cm³/mol. The molecule has 1 aromatic rings. The van der Waals surface area contributed by atoms with Crippen LogP contribution in [0.1, 0.15) is 32.6 Å². The molecule has 0 unspecified atom stereocenters. The summed E-state index contributed by atoms with van der Waals surface area (Å²) >= 11 is 5.45. The molecule has 204 valence electrons. The SMILES string of the molecule is C=N/C=C(\C=N/C)[C@](C)(C(=O)NC1CCC(F)(F)CC1)N(C(=O)[C@H](F)Cl)c1ccc(OC(F)(F)F)cc1. The van der Waals surface area contributed by atoms with E-state index in [0.717, 1.165) is 36.7 Å². The minimum absolute atomic E-state index is 0.0614. The molecule has 2 rings (SSSR count). The van der Waals surface area contributed by atoms with Crippen molar-refractivity contribution in [2.24, 2.45) is 9.98 Å². The van der Waals surface area contributed by atoms with Gasteiger partial charge in [-0.25, -0.2) is 13.2 Å². The molecule has 0 heterocycles. The monoisotopic (exact) mass is 554 g/mol. The number of carbonyl (C=O) groups excluding carboxylic acids is 2. The van der Waals surface area contributed by atoms with Gasteiger partial charge in [0.15, 0.2) is 5.54 Å². The summed E-state index contributed by atoms with van der Waals surface area (Å²) in [5.74, 6) is -5.86. The fourth-order valence-electron chi connectivity index (χ4n) is 3.89. The Kier molecular flexibility index (Phi) is 9.75. The highest BCUT2D eigenvalue weighted by Gasteiger charge is 2.49. The molecule has 1 aliphatic carbocycles. The number of carbonyl (C=O) groups is 2. The van der Waals surface area contributed by atoms with E-state index in [1.807, 2.05) is 0 Å². The van der Waals surface area contributed by atoms with Gasteiger partial charge < -0.3 is 10.1 Å². The number of benzene rings is 1. The van der Waals surface area contributed by atoms with Crippen LogP contribution in [0.2, 0.25) is 0 Å². The maximum atomic E-state index is 14.2. The molecule has 37 heavy (non-hydrogen) atoms. The second-order valence-corrected chi connectivity index (χ2v) is 8.73. The first-order valence-electron chi connectivity index (χ1n) is 10.9. The van der Waals surface area contributed by atoms with Crippen molar-refractivity contribution >= 4 is 42.0 Å². The van der Waals surface area contributed by atoms with Crippen LogP contribution in [0.25, 0.3) is 0 Å². The van der Waals surface area contributed by atoms with Crippen molar-refractivity contribution < 1.29 is 40.7 Å². The highest BCUT2D eigenvalue weighted by atomic mass is 35.5. The number of ether oxygens (including phenoxy) is 1. The third-order valence-electron chi connectivity index (χ3n) is 5.74. The summed E-state index contributed by atoms with van der Waals surface area (Å²) < 4.78 is 83.0. The number of anilines is 1. The first-order valence-corrected chi connectivity index (χ1v) is 11.3. The zero-order valence-electron chi connectivity index (χ0n) is 19.9. The van der Waals surface area contributed by atoms with Gasteiger partial charge in [-0.1, -0.05) is 11.6 Å². The summed E-state index contributed by atoms with van der Waals surface area (Å²) in [5, 5.41) is 2.61. The Balaban J connectivity index is 2.62. The number of aliphatic imine (C=N–C) groups is 2. The normalized spacial score (nSPS) is 19.1. The number of rotatable bonds is 9. The van der Waals surface area contributed by atoms with Crippen LogP contribution in [-0.4, -0.2) is 61.3 Å². The van der Waals surface area contributed by atoms with E-state index in [9.17, 15) is 35.9 Å². The van der Waals surface area contributed by atoms with E-state index in [1.165, 1.54) is 14.0 Å². The minimum Gasteiger partial charge on any atom is -0.406 e. The fraction of sp³-hybridized carbons (Fsp3) is 0.478. The van der Waals surface area contributed by atoms with Crippen LogP contribution < -0.4 is 15.0 Å². The van der Waals surface area contributed by atoms with Crippen LogP contribution in [0, 0.1) is 0 Å². The maximum Gasteiger partial charge on any atom is 0.573 e. The van der Waals surface area contributed by atoms with Gasteiger partial charge in [0.2, 0.25) is 5.92 Å². The lowest BCUT2D eigenvalue weighted by Gasteiger charge is -2.42. The molecule has 14 heteroatoms. The molecule has 0 aliphatic heterocycles. The average molecular weight is 555 g/mol. The van der Waals surface area contributed by atoms with Crippen LogP contribution in [0.15, 0.2) is 46.0 Å². The van der Waals surface area contributed by atoms with Gasteiger partial charge in [0, 0.05) is 49.6 Å². The number of hydrogen-bond donors (Lipinski definition) is 1. The van der Waals surface area contributed by atoms with Crippen LogP contribution in [0.4, 0.5) is 32.0 Å². The van der Waals surface area contributed by atoms with Gasteiger partial charge in [-0.2, -0.15) is 0 Å². The Morgan fingerprint density at radius 2 is 1.81 bits per heavy atom. The van der Waals surface area contributed by atoms with E-state index in [-0.39, 0.29) is 24.1 Å². The summed E-state index contributed by atoms with van der Waals surface area (Å²) in [6, 6.07) is 3.00. The van der Waals surface area contributed by atoms with E-state index in [4.69, 9.17) is 11.6 Å². The summed E-state index contributed by atoms with van der Waals surface area (Å²) in [4.78, 5) is 34.8. The van der Waals surface area contributed by atoms with Gasteiger partial charge >= 0.3 is 6.36 Å². The van der Waals surface area contributed by atoms with Crippen molar-refractivity contribution in [3.8, 4) is 5.75 Å². The van der Waals surface area contributed by atoms with Crippen molar-refractivity contribution in [2.45, 2.75) is 62.1 Å². The zero-order valence-corrected chi connectivity index (χ0v) is 20.6. The minimum atomic E-state index is -4.99. The molecule has 2 amide bonds.